The van der Waals surface area contributed by atoms with Gasteiger partial charge in [0.2, 0.25) is 0 Å². The van der Waals surface area contributed by atoms with Crippen molar-refractivity contribution in [2.24, 2.45) is 0 Å². The molecule has 1 aromatic carbocycles. The number of hydrogen-bond acceptors (Lipinski definition) is 4. The molecule has 4 heteroatoms. The Morgan fingerprint density at radius 3 is 2.44 bits per heavy atom. The van der Waals surface area contributed by atoms with E-state index >= 15 is 0 Å². The molecule has 0 N–H and O–H groups in total. The summed E-state index contributed by atoms with van der Waals surface area (Å²) >= 11 is 0. The minimum Gasteiger partial charge on any atom is -0.494 e. The van der Waals surface area contributed by atoms with E-state index in [0.717, 1.165) is 12.2 Å². The van der Waals surface area contributed by atoms with Gasteiger partial charge >= 0.3 is 5.97 Å². The topological polar surface area (TPSA) is 44.8 Å². The highest BCUT2D eigenvalue weighted by atomic mass is 17.2. The molecule has 4 nitrogen and oxygen atoms in total. The zero-order valence-electron chi connectivity index (χ0n) is 9.56. The highest BCUT2D eigenvalue weighted by Gasteiger charge is 2.07. The molecule has 0 spiro atoms. The molecule has 16 heavy (non-hydrogen) atoms. The molecule has 0 atom stereocenters. The highest BCUT2D eigenvalue weighted by molar-refractivity contribution is 5.89. The van der Waals surface area contributed by atoms with Crippen LogP contribution in [0.1, 0.15) is 30.6 Å². The van der Waals surface area contributed by atoms with Gasteiger partial charge in [0.15, 0.2) is 0 Å². The maximum absolute atomic E-state index is 11.4. The second-order valence-corrected chi connectivity index (χ2v) is 3.15. The minimum absolute atomic E-state index is 0.406. The first kappa shape index (κ1) is 12.5. The van der Waals surface area contributed by atoms with E-state index < -0.39 is 5.97 Å². The molecule has 0 aromatic heterocycles. The number of benzene rings is 1. The zero-order valence-corrected chi connectivity index (χ0v) is 9.56. The van der Waals surface area contributed by atoms with Crippen molar-refractivity contribution in [3.8, 4) is 5.75 Å². The van der Waals surface area contributed by atoms with Crippen LogP contribution in [0.5, 0.6) is 5.75 Å². The Bertz CT molecular complexity index is 318. The number of ether oxygens (including phenoxy) is 1. The molecule has 0 saturated heterocycles. The van der Waals surface area contributed by atoms with E-state index in [1.54, 1.807) is 24.3 Å². The maximum atomic E-state index is 11.4. The van der Waals surface area contributed by atoms with Gasteiger partial charge in [0.05, 0.1) is 18.8 Å². The van der Waals surface area contributed by atoms with Crippen LogP contribution in [0, 0.1) is 0 Å². The maximum Gasteiger partial charge on any atom is 0.373 e. The third-order valence-electron chi connectivity index (χ3n) is 1.82. The van der Waals surface area contributed by atoms with Gasteiger partial charge in [-0.25, -0.2) is 4.79 Å². The quantitative estimate of drug-likeness (QED) is 0.423. The highest BCUT2D eigenvalue weighted by Crippen LogP contribution is 2.12. The predicted octanol–water partition coefficient (Wildman–Crippen LogP) is 2.58. The van der Waals surface area contributed by atoms with Crippen LogP contribution >= 0.6 is 0 Å². The molecule has 0 unspecified atom stereocenters. The van der Waals surface area contributed by atoms with Crippen molar-refractivity contribution in [1.82, 2.24) is 0 Å². The summed E-state index contributed by atoms with van der Waals surface area (Å²) in [5, 5.41) is 0. The lowest BCUT2D eigenvalue weighted by molar-refractivity contribution is -0.240. The molecule has 0 amide bonds. The molecule has 1 rings (SSSR count). The number of carbonyl (C=O) groups is 1. The van der Waals surface area contributed by atoms with Gasteiger partial charge in [0.25, 0.3) is 0 Å². The van der Waals surface area contributed by atoms with Gasteiger partial charge in [0.1, 0.15) is 5.75 Å². The summed E-state index contributed by atoms with van der Waals surface area (Å²) in [5.41, 5.74) is 0.444. The molecule has 0 aliphatic rings. The Morgan fingerprint density at radius 2 is 1.88 bits per heavy atom. The average molecular weight is 224 g/mol. The normalized spacial score (nSPS) is 9.88. The van der Waals surface area contributed by atoms with Crippen molar-refractivity contribution in [1.29, 1.82) is 0 Å². The second kappa shape index (κ2) is 6.85. The van der Waals surface area contributed by atoms with E-state index in [2.05, 4.69) is 4.89 Å². The Labute approximate surface area is 95.1 Å². The summed E-state index contributed by atoms with van der Waals surface area (Å²) in [6.07, 6.45) is 0.802. The van der Waals surface area contributed by atoms with E-state index in [1.807, 2.05) is 13.8 Å². The van der Waals surface area contributed by atoms with Crippen LogP contribution in [0.4, 0.5) is 0 Å². The first-order chi connectivity index (χ1) is 7.77. The van der Waals surface area contributed by atoms with Crippen LogP contribution in [0.3, 0.4) is 0 Å². The van der Waals surface area contributed by atoms with Crippen molar-refractivity contribution in [2.45, 2.75) is 20.3 Å². The second-order valence-electron chi connectivity index (χ2n) is 3.15. The van der Waals surface area contributed by atoms with E-state index in [1.165, 1.54) is 0 Å². The van der Waals surface area contributed by atoms with E-state index in [9.17, 15) is 4.79 Å². The summed E-state index contributed by atoms with van der Waals surface area (Å²) in [6.45, 7) is 4.84. The lowest BCUT2D eigenvalue weighted by Gasteiger charge is -2.04. The number of hydrogen-bond donors (Lipinski definition) is 0. The summed E-state index contributed by atoms with van der Waals surface area (Å²) < 4.78 is 5.26. The molecule has 0 saturated carbocycles. The minimum atomic E-state index is -0.489. The number of rotatable bonds is 6. The van der Waals surface area contributed by atoms with Crippen LogP contribution < -0.4 is 4.74 Å². The average Bonchev–Trinajstić information content (AvgIpc) is 2.30. The Kier molecular flexibility index (Phi) is 5.36. The summed E-state index contributed by atoms with van der Waals surface area (Å²) in [5.74, 6) is 0.241. The zero-order chi connectivity index (χ0) is 11.8. The lowest BCUT2D eigenvalue weighted by atomic mass is 10.2. The van der Waals surface area contributed by atoms with Crippen LogP contribution in [-0.4, -0.2) is 19.2 Å². The largest absolute Gasteiger partial charge is 0.494 e. The molecule has 88 valence electrons. The monoisotopic (exact) mass is 224 g/mol. The molecular weight excluding hydrogens is 208 g/mol. The van der Waals surface area contributed by atoms with E-state index in [0.29, 0.717) is 18.8 Å². The lowest BCUT2D eigenvalue weighted by Crippen LogP contribution is -2.06. The third kappa shape index (κ3) is 3.90. The van der Waals surface area contributed by atoms with Crippen molar-refractivity contribution in [3.05, 3.63) is 29.8 Å². The van der Waals surface area contributed by atoms with E-state index in [-0.39, 0.29) is 0 Å². The number of carbonyl (C=O) groups excluding carboxylic acids is 1. The van der Waals surface area contributed by atoms with Crippen LogP contribution in [0.25, 0.3) is 0 Å². The predicted molar refractivity (Wildman–Crippen MR) is 59.3 cm³/mol. The third-order valence-corrected chi connectivity index (χ3v) is 1.82. The molecule has 0 heterocycles. The van der Waals surface area contributed by atoms with Gasteiger partial charge in [-0.15, -0.1) is 0 Å². The van der Waals surface area contributed by atoms with E-state index in [4.69, 9.17) is 9.62 Å². The molecule has 0 fully saturated rings. The Morgan fingerprint density at radius 1 is 1.19 bits per heavy atom. The van der Waals surface area contributed by atoms with Crippen molar-refractivity contribution in [2.75, 3.05) is 13.2 Å². The molecule has 0 radical (unpaired) electrons. The summed E-state index contributed by atoms with van der Waals surface area (Å²) in [4.78, 5) is 20.7. The van der Waals surface area contributed by atoms with Crippen LogP contribution in [0.15, 0.2) is 24.3 Å². The van der Waals surface area contributed by atoms with Gasteiger partial charge in [0, 0.05) is 0 Å². The fourth-order valence-corrected chi connectivity index (χ4v) is 1.08. The van der Waals surface area contributed by atoms with Gasteiger partial charge in [-0.05, 0) is 37.6 Å². The molecule has 0 aliphatic carbocycles. The smallest absolute Gasteiger partial charge is 0.373 e. The molecular formula is C12H16O4. The van der Waals surface area contributed by atoms with Gasteiger partial charge in [-0.3, -0.25) is 4.89 Å². The van der Waals surface area contributed by atoms with Crippen molar-refractivity contribution < 1.29 is 19.3 Å². The summed E-state index contributed by atoms with van der Waals surface area (Å²) in [7, 11) is 0. The van der Waals surface area contributed by atoms with Crippen molar-refractivity contribution >= 4 is 5.97 Å². The van der Waals surface area contributed by atoms with Crippen LogP contribution in [-0.2, 0) is 9.78 Å². The van der Waals surface area contributed by atoms with Gasteiger partial charge < -0.3 is 4.74 Å². The Hall–Kier alpha value is -1.55. The molecule has 0 bridgehead atoms. The fraction of sp³-hybridized carbons (Fsp3) is 0.417. The summed E-state index contributed by atoms with van der Waals surface area (Å²) in [6, 6.07) is 6.73. The SMILES string of the molecule is CCCOOC(=O)c1ccc(OCC)cc1. The molecule has 0 aliphatic heterocycles. The van der Waals surface area contributed by atoms with Crippen LogP contribution in [0.2, 0.25) is 0 Å². The van der Waals surface area contributed by atoms with Gasteiger partial charge in [-0.1, -0.05) is 6.92 Å². The molecule has 1 aromatic rings. The van der Waals surface area contributed by atoms with Crippen molar-refractivity contribution in [3.63, 3.8) is 0 Å². The first-order valence-corrected chi connectivity index (χ1v) is 5.34. The standard InChI is InChI=1S/C12H16O4/c1-3-9-15-16-12(13)10-5-7-11(8-6-10)14-4-2/h5-8H,3-4,9H2,1-2H3. The Balaban J connectivity index is 2.49. The van der Waals surface area contributed by atoms with Gasteiger partial charge in [-0.2, -0.15) is 4.89 Å². The first-order valence-electron chi connectivity index (χ1n) is 5.34. The fourth-order valence-electron chi connectivity index (χ4n) is 1.08.